The number of rotatable bonds is 4. The van der Waals surface area contributed by atoms with Gasteiger partial charge in [0.1, 0.15) is 0 Å². The number of pyridine rings is 1. The van der Waals surface area contributed by atoms with E-state index in [0.29, 0.717) is 5.92 Å². The third-order valence-electron chi connectivity index (χ3n) is 4.80. The second-order valence-electron chi connectivity index (χ2n) is 7.93. The van der Waals surface area contributed by atoms with Crippen molar-refractivity contribution in [3.63, 3.8) is 0 Å². The Labute approximate surface area is 145 Å². The Morgan fingerprint density at radius 1 is 0.958 bits per heavy atom. The molecule has 3 aromatic rings. The van der Waals surface area contributed by atoms with Crippen molar-refractivity contribution in [2.45, 2.75) is 46.5 Å². The molecule has 0 bridgehead atoms. The summed E-state index contributed by atoms with van der Waals surface area (Å²) in [7, 11) is 0. The zero-order chi connectivity index (χ0) is 17.3. The molecule has 3 rings (SSSR count). The van der Waals surface area contributed by atoms with Crippen LogP contribution in [0.2, 0.25) is 0 Å². The van der Waals surface area contributed by atoms with Crippen LogP contribution in [0.15, 0.2) is 54.7 Å². The summed E-state index contributed by atoms with van der Waals surface area (Å²) in [4.78, 5) is 4.79. The molecular weight excluding hydrogens is 290 g/mol. The van der Waals surface area contributed by atoms with Gasteiger partial charge in [0.2, 0.25) is 0 Å². The molecule has 0 saturated carbocycles. The van der Waals surface area contributed by atoms with Crippen LogP contribution in [0.4, 0.5) is 0 Å². The zero-order valence-corrected chi connectivity index (χ0v) is 15.4. The van der Waals surface area contributed by atoms with Crippen molar-refractivity contribution in [2.75, 3.05) is 0 Å². The van der Waals surface area contributed by atoms with E-state index in [1.165, 1.54) is 33.9 Å². The first kappa shape index (κ1) is 16.7. The summed E-state index contributed by atoms with van der Waals surface area (Å²) in [6.45, 7) is 11.4. The van der Waals surface area contributed by atoms with E-state index in [4.69, 9.17) is 4.98 Å². The number of aryl methyl sites for hydroxylation is 1. The molecule has 24 heavy (non-hydrogen) atoms. The van der Waals surface area contributed by atoms with Gasteiger partial charge in [-0.3, -0.25) is 4.98 Å². The monoisotopic (exact) mass is 317 g/mol. The normalized spacial score (nSPS) is 12.1. The van der Waals surface area contributed by atoms with E-state index in [9.17, 15) is 0 Å². The van der Waals surface area contributed by atoms with Gasteiger partial charge in [-0.05, 0) is 58.7 Å². The third-order valence-corrected chi connectivity index (χ3v) is 4.80. The highest BCUT2D eigenvalue weighted by molar-refractivity contribution is 5.86. The predicted molar refractivity (Wildman–Crippen MR) is 104 cm³/mol. The van der Waals surface area contributed by atoms with Gasteiger partial charge in [0.25, 0.3) is 0 Å². The molecule has 0 spiro atoms. The Morgan fingerprint density at radius 3 is 2.33 bits per heavy atom. The summed E-state index contributed by atoms with van der Waals surface area (Å²) in [6.07, 6.45) is 3.26. The number of nitrogens with zero attached hydrogens (tertiary/aromatic N) is 1. The molecule has 0 aliphatic rings. The molecule has 0 saturated heterocycles. The molecule has 0 fully saturated rings. The lowest BCUT2D eigenvalue weighted by Gasteiger charge is -2.29. The Balaban J connectivity index is 1.99. The van der Waals surface area contributed by atoms with Crippen LogP contribution in [0.1, 0.15) is 45.2 Å². The summed E-state index contributed by atoms with van der Waals surface area (Å²) < 4.78 is 0. The van der Waals surface area contributed by atoms with Crippen LogP contribution in [0.3, 0.4) is 0 Å². The molecule has 124 valence electrons. The minimum Gasteiger partial charge on any atom is -0.256 e. The first-order valence-electron chi connectivity index (χ1n) is 8.83. The maximum Gasteiger partial charge on any atom is 0.0705 e. The maximum atomic E-state index is 4.79. The van der Waals surface area contributed by atoms with Gasteiger partial charge in [0.15, 0.2) is 0 Å². The fourth-order valence-corrected chi connectivity index (χ4v) is 3.90. The van der Waals surface area contributed by atoms with Crippen LogP contribution in [-0.4, -0.2) is 4.98 Å². The first-order chi connectivity index (χ1) is 11.4. The number of aromatic nitrogens is 1. The van der Waals surface area contributed by atoms with Crippen molar-refractivity contribution in [2.24, 2.45) is 5.92 Å². The largest absolute Gasteiger partial charge is 0.256 e. The van der Waals surface area contributed by atoms with Crippen molar-refractivity contribution in [3.8, 4) is 11.3 Å². The number of hydrogen-bond acceptors (Lipinski definition) is 1. The molecule has 0 aliphatic carbocycles. The standard InChI is InChI=1S/C23H27N/c1-16(2)14-23(4,5)21-15-24-22(12-17(21)3)20-11-10-18-8-6-7-9-19(18)13-20/h6-13,15-16H,14H2,1-5H3. The summed E-state index contributed by atoms with van der Waals surface area (Å²) in [5.41, 5.74) is 5.10. The number of fused-ring (bicyclic) bond motifs is 1. The fourth-order valence-electron chi connectivity index (χ4n) is 3.90. The smallest absolute Gasteiger partial charge is 0.0705 e. The van der Waals surface area contributed by atoms with Gasteiger partial charge >= 0.3 is 0 Å². The highest BCUT2D eigenvalue weighted by Crippen LogP contribution is 2.34. The van der Waals surface area contributed by atoms with Crippen molar-refractivity contribution in [1.29, 1.82) is 0 Å². The molecule has 1 aromatic heterocycles. The Bertz CT molecular complexity index is 859. The minimum atomic E-state index is 0.160. The molecule has 0 atom stereocenters. The van der Waals surface area contributed by atoms with Crippen LogP contribution in [-0.2, 0) is 5.41 Å². The van der Waals surface area contributed by atoms with E-state index in [0.717, 1.165) is 5.69 Å². The summed E-state index contributed by atoms with van der Waals surface area (Å²) in [6, 6.07) is 17.3. The molecule has 2 aromatic carbocycles. The van der Waals surface area contributed by atoms with E-state index in [1.807, 2.05) is 0 Å². The van der Waals surface area contributed by atoms with Gasteiger partial charge in [-0.1, -0.05) is 64.1 Å². The van der Waals surface area contributed by atoms with Gasteiger partial charge in [-0.15, -0.1) is 0 Å². The molecule has 0 radical (unpaired) electrons. The Morgan fingerprint density at radius 2 is 1.67 bits per heavy atom. The average Bonchev–Trinajstić information content (AvgIpc) is 2.52. The summed E-state index contributed by atoms with van der Waals surface area (Å²) in [5, 5.41) is 2.53. The lowest BCUT2D eigenvalue weighted by Crippen LogP contribution is -2.21. The maximum absolute atomic E-state index is 4.79. The molecule has 1 nitrogen and oxygen atoms in total. The molecule has 0 aliphatic heterocycles. The second-order valence-corrected chi connectivity index (χ2v) is 7.93. The molecule has 0 amide bonds. The lowest BCUT2D eigenvalue weighted by atomic mass is 9.77. The van der Waals surface area contributed by atoms with Gasteiger partial charge in [0.05, 0.1) is 5.69 Å². The zero-order valence-electron chi connectivity index (χ0n) is 15.4. The summed E-state index contributed by atoms with van der Waals surface area (Å²) >= 11 is 0. The quantitative estimate of drug-likeness (QED) is 0.533. The molecule has 0 unspecified atom stereocenters. The Hall–Kier alpha value is -2.15. The van der Waals surface area contributed by atoms with Gasteiger partial charge in [-0.2, -0.15) is 0 Å². The fraction of sp³-hybridized carbons (Fsp3) is 0.348. The third kappa shape index (κ3) is 3.36. The molecule has 0 N–H and O–H groups in total. The molecule has 1 heteroatoms. The predicted octanol–water partition coefficient (Wildman–Crippen LogP) is 6.53. The average molecular weight is 317 g/mol. The van der Waals surface area contributed by atoms with E-state index in [-0.39, 0.29) is 5.41 Å². The number of hydrogen-bond donors (Lipinski definition) is 0. The van der Waals surface area contributed by atoms with Crippen LogP contribution in [0.25, 0.3) is 22.0 Å². The second kappa shape index (κ2) is 6.39. The number of benzene rings is 2. The highest BCUT2D eigenvalue weighted by atomic mass is 14.7. The van der Waals surface area contributed by atoms with E-state index in [2.05, 4.69) is 89.3 Å². The van der Waals surface area contributed by atoms with E-state index in [1.54, 1.807) is 0 Å². The van der Waals surface area contributed by atoms with E-state index < -0.39 is 0 Å². The SMILES string of the molecule is Cc1cc(-c2ccc3ccccc3c2)ncc1C(C)(C)CC(C)C. The van der Waals surface area contributed by atoms with Gasteiger partial charge < -0.3 is 0 Å². The highest BCUT2D eigenvalue weighted by Gasteiger charge is 2.24. The molecule has 1 heterocycles. The minimum absolute atomic E-state index is 0.160. The van der Waals surface area contributed by atoms with Gasteiger partial charge in [0, 0.05) is 11.8 Å². The lowest BCUT2D eigenvalue weighted by molar-refractivity contribution is 0.397. The Kier molecular flexibility index (Phi) is 4.45. The van der Waals surface area contributed by atoms with Crippen LogP contribution < -0.4 is 0 Å². The van der Waals surface area contributed by atoms with Crippen LogP contribution >= 0.6 is 0 Å². The van der Waals surface area contributed by atoms with Crippen LogP contribution in [0.5, 0.6) is 0 Å². The first-order valence-corrected chi connectivity index (χ1v) is 8.83. The van der Waals surface area contributed by atoms with Crippen molar-refractivity contribution >= 4 is 10.8 Å². The molecular formula is C23H27N. The topological polar surface area (TPSA) is 12.9 Å². The van der Waals surface area contributed by atoms with E-state index >= 15 is 0 Å². The van der Waals surface area contributed by atoms with Crippen molar-refractivity contribution in [3.05, 3.63) is 65.9 Å². The van der Waals surface area contributed by atoms with Crippen molar-refractivity contribution in [1.82, 2.24) is 4.98 Å². The van der Waals surface area contributed by atoms with Gasteiger partial charge in [-0.25, -0.2) is 0 Å². The van der Waals surface area contributed by atoms with Crippen LogP contribution in [0, 0.1) is 12.8 Å². The summed E-state index contributed by atoms with van der Waals surface area (Å²) in [5.74, 6) is 0.680. The van der Waals surface area contributed by atoms with Crippen molar-refractivity contribution < 1.29 is 0 Å².